The Morgan fingerprint density at radius 2 is 1.70 bits per heavy atom. The molecule has 2 amide bonds. The number of ketones is 1. The fourth-order valence-electron chi connectivity index (χ4n) is 7.93. The maximum atomic E-state index is 13.6. The van der Waals surface area contributed by atoms with Gasteiger partial charge in [-0.1, -0.05) is 78.1 Å². The summed E-state index contributed by atoms with van der Waals surface area (Å²) < 4.78 is 14.0. The Labute approximate surface area is 313 Å². The van der Waals surface area contributed by atoms with Gasteiger partial charge in [0.1, 0.15) is 23.5 Å². The van der Waals surface area contributed by atoms with Crippen molar-refractivity contribution < 1.29 is 19.1 Å². The highest BCUT2D eigenvalue weighted by atomic mass is 16.5. The largest absolute Gasteiger partial charge is 0.484 e. The van der Waals surface area contributed by atoms with E-state index in [9.17, 15) is 9.59 Å². The zero-order valence-corrected chi connectivity index (χ0v) is 32.7. The van der Waals surface area contributed by atoms with Crippen LogP contribution in [-0.2, 0) is 15.6 Å². The number of benzene rings is 1. The van der Waals surface area contributed by atoms with Gasteiger partial charge >= 0.3 is 6.03 Å². The van der Waals surface area contributed by atoms with Crippen molar-refractivity contribution in [3.63, 3.8) is 0 Å². The molecule has 0 aliphatic heterocycles. The second-order valence-corrected chi connectivity index (χ2v) is 16.7. The molecule has 4 aromatic rings. The topological polar surface area (TPSA) is 136 Å². The van der Waals surface area contributed by atoms with Gasteiger partial charge < -0.3 is 19.7 Å². The van der Waals surface area contributed by atoms with Crippen LogP contribution in [0.5, 0.6) is 5.75 Å². The molecule has 53 heavy (non-hydrogen) atoms. The Morgan fingerprint density at radius 1 is 0.962 bits per heavy atom. The molecule has 12 heteroatoms. The van der Waals surface area contributed by atoms with Gasteiger partial charge in [-0.25, -0.2) is 14.8 Å². The standard InChI is InChI=1S/C41H56N8O4/c1-39(2,3)33-24-34(44-36(43-33)31(50)20-23-41(48(6)7)21-12-9-13-22-41)45-38(51)42-30-17-18-32(29-15-11-10-14-28(29)30)53-27-16-19-35-46-47-37(49(35)25-27)40(4,5)26-52-8/h10-11,14-16,19,24-25,30,32H,9,12-13,17-18,20-23,26H2,1-8H3,(H2,42,43,44,45,51)/t30-,32+/m0/s1. The quantitative estimate of drug-likeness (QED) is 0.141. The van der Waals surface area contributed by atoms with E-state index in [4.69, 9.17) is 14.5 Å². The summed E-state index contributed by atoms with van der Waals surface area (Å²) in [7, 11) is 5.92. The van der Waals surface area contributed by atoms with Crippen molar-refractivity contribution in [1.82, 2.24) is 34.8 Å². The van der Waals surface area contributed by atoms with Crippen molar-refractivity contribution >= 4 is 23.3 Å². The van der Waals surface area contributed by atoms with Gasteiger partial charge in [0, 0.05) is 36.0 Å². The summed E-state index contributed by atoms with van der Waals surface area (Å²) in [6.07, 6.45) is 10.0. The predicted octanol–water partition coefficient (Wildman–Crippen LogP) is 7.74. The van der Waals surface area contributed by atoms with Crippen molar-refractivity contribution in [3.05, 3.63) is 77.1 Å². The molecule has 0 bridgehead atoms. The predicted molar refractivity (Wildman–Crippen MR) is 206 cm³/mol. The number of hydrogen-bond acceptors (Lipinski definition) is 9. The average Bonchev–Trinajstić information content (AvgIpc) is 3.56. The molecule has 0 radical (unpaired) electrons. The van der Waals surface area contributed by atoms with E-state index >= 15 is 0 Å². The van der Waals surface area contributed by atoms with Gasteiger partial charge in [0.2, 0.25) is 0 Å². The number of hydrogen-bond donors (Lipinski definition) is 2. The summed E-state index contributed by atoms with van der Waals surface area (Å²) >= 11 is 0. The molecule has 6 rings (SSSR count). The molecule has 2 aliphatic carbocycles. The number of fused-ring (bicyclic) bond motifs is 2. The Balaban J connectivity index is 1.16. The van der Waals surface area contributed by atoms with E-state index in [0.717, 1.165) is 41.9 Å². The van der Waals surface area contributed by atoms with Crippen LogP contribution in [0.2, 0.25) is 0 Å². The lowest BCUT2D eigenvalue weighted by atomic mass is 9.77. The van der Waals surface area contributed by atoms with Crippen LogP contribution >= 0.6 is 0 Å². The average molecular weight is 725 g/mol. The Bertz CT molecular complexity index is 1920. The zero-order valence-electron chi connectivity index (χ0n) is 32.7. The number of amides is 2. The lowest BCUT2D eigenvalue weighted by Crippen LogP contribution is -2.46. The highest BCUT2D eigenvalue weighted by Gasteiger charge is 2.35. The number of Topliss-reactive ketones (excluding diaryl/α,β-unsaturated/α-hetero) is 1. The molecule has 284 valence electrons. The molecule has 1 saturated carbocycles. The molecule has 1 fully saturated rings. The van der Waals surface area contributed by atoms with Crippen molar-refractivity contribution in [2.24, 2.45) is 0 Å². The number of carbonyl (C=O) groups excluding carboxylic acids is 2. The number of nitrogens with zero attached hydrogens (tertiary/aromatic N) is 6. The maximum absolute atomic E-state index is 13.6. The molecular formula is C41H56N8O4. The summed E-state index contributed by atoms with van der Waals surface area (Å²) in [5.41, 5.74) is 2.79. The Kier molecular flexibility index (Phi) is 11.2. The normalized spacial score (nSPS) is 18.8. The van der Waals surface area contributed by atoms with E-state index in [-0.39, 0.29) is 46.2 Å². The minimum atomic E-state index is -0.390. The van der Waals surface area contributed by atoms with Gasteiger partial charge in [0.05, 0.1) is 24.5 Å². The first-order chi connectivity index (χ1) is 25.2. The number of anilines is 1. The molecule has 2 N–H and O–H groups in total. The summed E-state index contributed by atoms with van der Waals surface area (Å²) in [5, 5.41) is 14.9. The van der Waals surface area contributed by atoms with Crippen molar-refractivity contribution in [1.29, 1.82) is 0 Å². The first-order valence-electron chi connectivity index (χ1n) is 19.0. The lowest BCUT2D eigenvalue weighted by Gasteiger charge is -2.43. The molecule has 3 heterocycles. The number of rotatable bonds is 12. The highest BCUT2D eigenvalue weighted by Crippen LogP contribution is 2.40. The van der Waals surface area contributed by atoms with E-state index in [1.54, 1.807) is 13.2 Å². The van der Waals surface area contributed by atoms with Crippen LogP contribution in [0, 0.1) is 0 Å². The third-order valence-electron chi connectivity index (χ3n) is 11.0. The molecule has 0 spiro atoms. The van der Waals surface area contributed by atoms with Gasteiger partial charge in [0.15, 0.2) is 17.3 Å². The molecule has 0 unspecified atom stereocenters. The number of ether oxygens (including phenoxy) is 2. The molecule has 0 saturated heterocycles. The van der Waals surface area contributed by atoms with E-state index in [0.29, 0.717) is 43.1 Å². The van der Waals surface area contributed by atoms with Gasteiger partial charge in [-0.05, 0) is 69.5 Å². The van der Waals surface area contributed by atoms with E-state index in [1.807, 2.05) is 61.7 Å². The van der Waals surface area contributed by atoms with Crippen LogP contribution in [0.25, 0.3) is 5.65 Å². The lowest BCUT2D eigenvalue weighted by molar-refractivity contribution is 0.0766. The third-order valence-corrected chi connectivity index (χ3v) is 11.0. The molecule has 3 aromatic heterocycles. The summed E-state index contributed by atoms with van der Waals surface area (Å²) in [5.74, 6) is 1.87. The van der Waals surface area contributed by atoms with Crippen molar-refractivity contribution in [2.75, 3.05) is 33.1 Å². The zero-order chi connectivity index (χ0) is 38.0. The monoisotopic (exact) mass is 724 g/mol. The van der Waals surface area contributed by atoms with Gasteiger partial charge in [-0.3, -0.25) is 14.5 Å². The number of methoxy groups -OCH3 is 1. The molecule has 2 atom stereocenters. The fourth-order valence-corrected chi connectivity index (χ4v) is 7.93. The van der Waals surface area contributed by atoms with Crippen molar-refractivity contribution in [2.45, 2.75) is 121 Å². The molecule has 1 aromatic carbocycles. The number of pyridine rings is 1. The second kappa shape index (κ2) is 15.5. The van der Waals surface area contributed by atoms with E-state index < -0.39 is 0 Å². The van der Waals surface area contributed by atoms with Gasteiger partial charge in [-0.2, -0.15) is 0 Å². The number of nitrogens with one attached hydrogen (secondary N) is 2. The van der Waals surface area contributed by atoms with Gasteiger partial charge in [-0.15, -0.1) is 10.2 Å². The van der Waals surface area contributed by atoms with Gasteiger partial charge in [0.25, 0.3) is 0 Å². The van der Waals surface area contributed by atoms with E-state index in [1.165, 1.54) is 19.3 Å². The van der Waals surface area contributed by atoms with Crippen LogP contribution in [-0.4, -0.2) is 74.6 Å². The maximum Gasteiger partial charge on any atom is 0.320 e. The highest BCUT2D eigenvalue weighted by molar-refractivity contribution is 5.94. The van der Waals surface area contributed by atoms with E-state index in [2.05, 4.69) is 64.7 Å². The summed E-state index contributed by atoms with van der Waals surface area (Å²) in [4.78, 5) is 38.8. The number of aromatic nitrogens is 5. The van der Waals surface area contributed by atoms with Crippen LogP contribution in [0.15, 0.2) is 48.7 Å². The first kappa shape index (κ1) is 38.3. The van der Waals surface area contributed by atoms with Crippen LogP contribution in [0.1, 0.15) is 138 Å². The number of carbonyl (C=O) groups is 2. The Hall–Kier alpha value is -4.42. The minimum Gasteiger partial charge on any atom is -0.484 e. The molecule has 2 aliphatic rings. The van der Waals surface area contributed by atoms with Crippen LogP contribution in [0.4, 0.5) is 10.6 Å². The SMILES string of the molecule is COCC(C)(C)c1nnc2ccc(O[C@@H]3CC[C@H](NC(=O)Nc4cc(C(C)(C)C)nc(C(=O)CCC5(N(C)C)CCCCC5)n4)c4ccccc43)cn12. The minimum absolute atomic E-state index is 0.0206. The summed E-state index contributed by atoms with van der Waals surface area (Å²) in [6.45, 7) is 10.8. The smallest absolute Gasteiger partial charge is 0.320 e. The third kappa shape index (κ3) is 8.54. The Morgan fingerprint density at radius 3 is 2.40 bits per heavy atom. The molecular weight excluding hydrogens is 669 g/mol. The fraction of sp³-hybridized carbons (Fsp3) is 0.561. The number of urea groups is 1. The molecule has 12 nitrogen and oxygen atoms in total. The summed E-state index contributed by atoms with van der Waals surface area (Å²) in [6, 6.07) is 13.0. The van der Waals surface area contributed by atoms with Crippen LogP contribution < -0.4 is 15.4 Å². The first-order valence-corrected chi connectivity index (χ1v) is 19.0. The second-order valence-electron chi connectivity index (χ2n) is 16.7. The van der Waals surface area contributed by atoms with Crippen molar-refractivity contribution in [3.8, 4) is 5.75 Å². The van der Waals surface area contributed by atoms with Crippen LogP contribution in [0.3, 0.4) is 0 Å².